The van der Waals surface area contributed by atoms with E-state index in [2.05, 4.69) is 0 Å². The van der Waals surface area contributed by atoms with E-state index in [-0.39, 0.29) is 6.42 Å². The summed E-state index contributed by atoms with van der Waals surface area (Å²) in [5.41, 5.74) is 1.96. The Labute approximate surface area is 87.8 Å². The molecule has 3 heteroatoms. The molecule has 2 nitrogen and oxygen atoms in total. The summed E-state index contributed by atoms with van der Waals surface area (Å²) in [5, 5.41) is 9.14. The Balaban J connectivity index is 2.73. The predicted octanol–water partition coefficient (Wildman–Crippen LogP) is 3.14. The number of hydrogen-bond acceptors (Lipinski definition) is 1. The van der Waals surface area contributed by atoms with E-state index in [0.29, 0.717) is 0 Å². The Morgan fingerprint density at radius 2 is 2.29 bits per heavy atom. The van der Waals surface area contributed by atoms with Crippen LogP contribution >= 0.6 is 11.6 Å². The van der Waals surface area contributed by atoms with Gasteiger partial charge in [0.15, 0.2) is 0 Å². The first-order valence-electron chi connectivity index (χ1n) is 4.24. The Kier molecular flexibility index (Phi) is 3.72. The van der Waals surface area contributed by atoms with Crippen molar-refractivity contribution >= 4 is 23.6 Å². The Hall–Kier alpha value is -1.28. The van der Waals surface area contributed by atoms with Gasteiger partial charge in [-0.3, -0.25) is 4.79 Å². The molecule has 1 aromatic rings. The molecule has 0 heterocycles. The maximum Gasteiger partial charge on any atom is 0.307 e. The van der Waals surface area contributed by atoms with Crippen molar-refractivity contribution in [2.45, 2.75) is 13.3 Å². The van der Waals surface area contributed by atoms with Crippen LogP contribution in [0.2, 0.25) is 5.02 Å². The van der Waals surface area contributed by atoms with Crippen LogP contribution in [0.25, 0.3) is 6.08 Å². The summed E-state index contributed by atoms with van der Waals surface area (Å²) in [4.78, 5) is 10.2. The Morgan fingerprint density at radius 3 is 2.86 bits per heavy atom. The van der Waals surface area contributed by atoms with E-state index in [1.54, 1.807) is 18.2 Å². The predicted molar refractivity (Wildman–Crippen MR) is 57.5 cm³/mol. The maximum absolute atomic E-state index is 10.2. The number of carboxylic acids is 1. The van der Waals surface area contributed by atoms with Crippen molar-refractivity contribution in [2.75, 3.05) is 0 Å². The first-order valence-corrected chi connectivity index (χ1v) is 4.62. The molecule has 0 amide bonds. The zero-order valence-electron chi connectivity index (χ0n) is 7.83. The Bertz CT molecular complexity index is 370. The highest BCUT2D eigenvalue weighted by Crippen LogP contribution is 2.17. The van der Waals surface area contributed by atoms with Gasteiger partial charge in [-0.2, -0.15) is 0 Å². The summed E-state index contributed by atoms with van der Waals surface area (Å²) in [6.07, 6.45) is 3.43. The molecular formula is C11H11ClO2. The van der Waals surface area contributed by atoms with Gasteiger partial charge in [0, 0.05) is 5.02 Å². The van der Waals surface area contributed by atoms with Crippen molar-refractivity contribution < 1.29 is 9.90 Å². The second-order valence-electron chi connectivity index (χ2n) is 3.01. The summed E-state index contributed by atoms with van der Waals surface area (Å²) in [6, 6.07) is 5.58. The van der Waals surface area contributed by atoms with Crippen molar-refractivity contribution in [1.29, 1.82) is 0 Å². The van der Waals surface area contributed by atoms with Crippen molar-refractivity contribution in [3.63, 3.8) is 0 Å². The van der Waals surface area contributed by atoms with Gasteiger partial charge in [-0.15, -0.1) is 0 Å². The van der Waals surface area contributed by atoms with Gasteiger partial charge in [0.1, 0.15) is 0 Å². The number of benzene rings is 1. The molecule has 1 N–H and O–H groups in total. The van der Waals surface area contributed by atoms with Crippen molar-refractivity contribution in [1.82, 2.24) is 0 Å². The second kappa shape index (κ2) is 4.82. The number of hydrogen-bond donors (Lipinski definition) is 1. The van der Waals surface area contributed by atoms with Crippen molar-refractivity contribution in [3.05, 3.63) is 40.4 Å². The van der Waals surface area contributed by atoms with E-state index in [1.165, 1.54) is 0 Å². The van der Waals surface area contributed by atoms with Crippen LogP contribution in [0.3, 0.4) is 0 Å². The topological polar surface area (TPSA) is 37.3 Å². The van der Waals surface area contributed by atoms with E-state index < -0.39 is 5.97 Å². The number of aliphatic carboxylic acids is 1. The number of aryl methyl sites for hydroxylation is 1. The maximum atomic E-state index is 10.2. The summed E-state index contributed by atoms with van der Waals surface area (Å²) in [6.45, 7) is 1.91. The number of carboxylic acid groups (broad SMARTS) is 1. The third kappa shape index (κ3) is 3.23. The molecule has 1 rings (SSSR count). The van der Waals surface area contributed by atoms with Crippen LogP contribution in [0.4, 0.5) is 0 Å². The van der Waals surface area contributed by atoms with E-state index in [0.717, 1.165) is 16.1 Å². The minimum atomic E-state index is -0.827. The van der Waals surface area contributed by atoms with Gasteiger partial charge >= 0.3 is 5.97 Å². The lowest BCUT2D eigenvalue weighted by molar-refractivity contribution is -0.135. The number of halogens is 1. The van der Waals surface area contributed by atoms with Crippen LogP contribution in [0.15, 0.2) is 24.3 Å². The molecule has 0 saturated heterocycles. The molecule has 0 unspecified atom stereocenters. The van der Waals surface area contributed by atoms with E-state index in [1.807, 2.05) is 19.1 Å². The van der Waals surface area contributed by atoms with Gasteiger partial charge < -0.3 is 5.11 Å². The van der Waals surface area contributed by atoms with Crippen LogP contribution in [-0.2, 0) is 4.79 Å². The quantitative estimate of drug-likeness (QED) is 0.832. The first kappa shape index (κ1) is 10.8. The fourth-order valence-electron chi connectivity index (χ4n) is 1.07. The molecule has 0 fully saturated rings. The van der Waals surface area contributed by atoms with Crippen molar-refractivity contribution in [2.24, 2.45) is 0 Å². The summed E-state index contributed by atoms with van der Waals surface area (Å²) in [7, 11) is 0. The van der Waals surface area contributed by atoms with Gasteiger partial charge in [0.25, 0.3) is 0 Å². The van der Waals surface area contributed by atoms with Crippen molar-refractivity contribution in [3.8, 4) is 0 Å². The van der Waals surface area contributed by atoms with Gasteiger partial charge in [0.05, 0.1) is 6.42 Å². The third-order valence-corrected chi connectivity index (χ3v) is 2.21. The smallest absolute Gasteiger partial charge is 0.307 e. The second-order valence-corrected chi connectivity index (χ2v) is 3.42. The zero-order chi connectivity index (χ0) is 10.6. The highest BCUT2D eigenvalue weighted by atomic mass is 35.5. The van der Waals surface area contributed by atoms with Crippen LogP contribution in [-0.4, -0.2) is 11.1 Å². The highest BCUT2D eigenvalue weighted by Gasteiger charge is 1.95. The summed E-state index contributed by atoms with van der Waals surface area (Å²) in [5.74, 6) is -0.827. The van der Waals surface area contributed by atoms with Gasteiger partial charge in [-0.25, -0.2) is 0 Å². The van der Waals surface area contributed by atoms with Gasteiger partial charge in [0.2, 0.25) is 0 Å². The molecule has 14 heavy (non-hydrogen) atoms. The largest absolute Gasteiger partial charge is 0.481 e. The lowest BCUT2D eigenvalue weighted by atomic mass is 10.1. The van der Waals surface area contributed by atoms with Crippen LogP contribution in [0.5, 0.6) is 0 Å². The molecule has 0 saturated carbocycles. The van der Waals surface area contributed by atoms with E-state index in [4.69, 9.17) is 16.7 Å². The Morgan fingerprint density at radius 1 is 1.57 bits per heavy atom. The third-order valence-electron chi connectivity index (χ3n) is 1.78. The highest BCUT2D eigenvalue weighted by molar-refractivity contribution is 6.31. The van der Waals surface area contributed by atoms with Crippen LogP contribution < -0.4 is 0 Å². The standard InChI is InChI=1S/C11H11ClO2/c1-8-7-9(5-6-10(8)12)3-2-4-11(13)14/h2-3,5-7H,4H2,1H3,(H,13,14). The number of carbonyl (C=O) groups is 1. The number of rotatable bonds is 3. The SMILES string of the molecule is Cc1cc(C=CCC(=O)O)ccc1Cl. The van der Waals surface area contributed by atoms with Crippen LogP contribution in [0.1, 0.15) is 17.5 Å². The molecule has 74 valence electrons. The normalized spacial score (nSPS) is 10.7. The average Bonchev–Trinajstić information content (AvgIpc) is 2.10. The van der Waals surface area contributed by atoms with Crippen LogP contribution in [0, 0.1) is 6.92 Å². The zero-order valence-corrected chi connectivity index (χ0v) is 8.58. The monoisotopic (exact) mass is 210 g/mol. The average molecular weight is 211 g/mol. The molecule has 0 aliphatic rings. The fourth-order valence-corrected chi connectivity index (χ4v) is 1.18. The minimum Gasteiger partial charge on any atom is -0.481 e. The summed E-state index contributed by atoms with van der Waals surface area (Å²) < 4.78 is 0. The first-order chi connectivity index (χ1) is 6.59. The molecule has 0 aliphatic heterocycles. The fraction of sp³-hybridized carbons (Fsp3) is 0.182. The van der Waals surface area contributed by atoms with Gasteiger partial charge in [-0.05, 0) is 24.1 Å². The molecule has 0 atom stereocenters. The molecule has 0 aromatic heterocycles. The molecule has 0 radical (unpaired) electrons. The summed E-state index contributed by atoms with van der Waals surface area (Å²) >= 11 is 5.85. The molecule has 0 spiro atoms. The molecule has 0 bridgehead atoms. The van der Waals surface area contributed by atoms with E-state index >= 15 is 0 Å². The molecule has 0 aliphatic carbocycles. The molecular weight excluding hydrogens is 200 g/mol. The van der Waals surface area contributed by atoms with E-state index in [9.17, 15) is 4.79 Å². The lowest BCUT2D eigenvalue weighted by Gasteiger charge is -1.98. The minimum absolute atomic E-state index is 0.0433. The van der Waals surface area contributed by atoms with Gasteiger partial charge in [-0.1, -0.05) is 35.9 Å². The molecule has 1 aromatic carbocycles. The lowest BCUT2D eigenvalue weighted by Crippen LogP contribution is -1.89.